The van der Waals surface area contributed by atoms with E-state index in [4.69, 9.17) is 110 Å². The molecule has 12 rings (SSSR count). The van der Waals surface area contributed by atoms with Crippen LogP contribution in [0.3, 0.4) is 0 Å². The van der Waals surface area contributed by atoms with Gasteiger partial charge in [-0.1, -0.05) is 111 Å². The molecule has 24 heteroatoms. The minimum absolute atomic E-state index is 0.0256. The van der Waals surface area contributed by atoms with Crippen LogP contribution in [-0.4, -0.2) is 201 Å². The SMILES string of the molecule is [2H]C([2H])([2H])Oc1cc2c(cc1OC)C1([2H])CC(OC(=O)[C@@H](N)C(C)C)C(CC(C)C)CN1C([2H])([2H])C2([2H])[2H].[2H]C([2H])([2H])Oc1cc2c(cc1OC)C1([2H])CC(OC(=O)[C@@H](N)C(C)C)C(CC(C)C)CN1C([2H])([2H])C2([2H])[2H].[2H]C12CC(OC(=O)[C@@H](N)C(C)C)C(CC(C)C)CN1C([2H])([2H])C([2H])([2H])c1cc(OC)c(OC)cc12.[2H]C12CC(OC(=O)[C@@H](N)C(C)C)C(CC(C)C)CN1C([2H])([2H])C([2H])([2H])c1cc(OC)c(OC)cc12. The van der Waals surface area contributed by atoms with Gasteiger partial charge < -0.3 is 79.8 Å². The predicted molar refractivity (Wildman–Crippen MR) is 471 cm³/mol. The summed E-state index contributed by atoms with van der Waals surface area (Å²) in [6.07, 6.45) is -11.0. The molecule has 0 bridgehead atoms. The molecule has 8 aliphatic heterocycles. The summed E-state index contributed by atoms with van der Waals surface area (Å²) < 4.78 is 290. The number of esters is 4. The molecular weight excluding hydrogens is 1520 g/mol. The first kappa shape index (κ1) is 65.5. The minimum atomic E-state index is -2.87. The third-order valence-electron chi connectivity index (χ3n) is 23.2. The predicted octanol–water partition coefficient (Wildman–Crippen LogP) is 14.3. The molecule has 120 heavy (non-hydrogen) atoms. The molecule has 0 saturated carbocycles. The molecule has 672 valence electrons. The summed E-state index contributed by atoms with van der Waals surface area (Å²) in [6, 6.07) is 0.274. The molecule has 16 atom stereocenters. The molecule has 4 aromatic carbocycles. The van der Waals surface area contributed by atoms with Gasteiger partial charge in [0.2, 0.25) is 0 Å². The van der Waals surface area contributed by atoms with Gasteiger partial charge in [-0.15, -0.1) is 0 Å². The van der Waals surface area contributed by atoms with Gasteiger partial charge in [-0.05, 0) is 192 Å². The molecule has 12 unspecified atom stereocenters. The molecule has 4 fully saturated rings. The fraction of sp³-hybridized carbons (Fsp3) is 0.708. The van der Waals surface area contributed by atoms with Gasteiger partial charge in [0.25, 0.3) is 0 Å². The molecule has 0 spiro atoms. The molecule has 0 radical (unpaired) electrons. The van der Waals surface area contributed by atoms with Crippen molar-refractivity contribution in [2.75, 3.05) is 109 Å². The Balaban J connectivity index is 0.000000217. The van der Waals surface area contributed by atoms with E-state index in [1.807, 2.05) is 83.1 Å². The topological polar surface area (TPSA) is 296 Å². The van der Waals surface area contributed by atoms with Gasteiger partial charge in [0.05, 0.1) is 70.4 Å². The largest absolute Gasteiger partial charge is 0.493 e. The van der Waals surface area contributed by atoms with Crippen LogP contribution in [0, 0.1) is 71.0 Å². The van der Waals surface area contributed by atoms with Crippen molar-refractivity contribution in [3.63, 3.8) is 0 Å². The minimum Gasteiger partial charge on any atom is -0.493 e. The first-order valence-electron chi connectivity index (χ1n) is 55.1. The highest BCUT2D eigenvalue weighted by Gasteiger charge is 2.47. The van der Waals surface area contributed by atoms with Crippen LogP contribution in [0.4, 0.5) is 0 Å². The summed E-state index contributed by atoms with van der Waals surface area (Å²) >= 11 is 0. The molecule has 8 aliphatic rings. The summed E-state index contributed by atoms with van der Waals surface area (Å²) in [5.74, 6) is -2.95. The quantitative estimate of drug-likeness (QED) is 0.0303. The highest BCUT2D eigenvalue weighted by molar-refractivity contribution is 5.77. The number of aryl methyl sites for hydroxylation is 4. The maximum Gasteiger partial charge on any atom is 0.323 e. The van der Waals surface area contributed by atoms with E-state index in [1.165, 1.54) is 86.5 Å². The van der Waals surface area contributed by atoms with Crippen LogP contribution in [-0.2, 0) is 63.6 Å². The Hall–Kier alpha value is -7.16. The standard InChI is InChI=1S/4C24H38N2O4/c4*1-14(2)9-17-13-26-8-7-16-10-21(28-5)22(29-6)11-18(16)19(26)12-20(17)30-24(27)23(25)15(3)4/h4*10-11,14-15,17,19-20,23H,7-9,12-13,25H2,1-6H3/t4*17?,19?,20?,23-/m0000/s1/i2*5D3,7D2,8D2,19D;2*7D2,8D2,19D. The highest BCUT2D eigenvalue weighted by Crippen LogP contribution is 2.50. The number of rotatable bonds is 28. The molecule has 0 aromatic heterocycles. The molecule has 0 amide bonds. The number of nitrogens with two attached hydrogens (primary N) is 4. The van der Waals surface area contributed by atoms with Gasteiger partial charge in [0.15, 0.2) is 46.0 Å². The Bertz CT molecular complexity index is 4960. The van der Waals surface area contributed by atoms with Crippen LogP contribution in [0.15, 0.2) is 48.5 Å². The van der Waals surface area contributed by atoms with Gasteiger partial charge in [-0.25, -0.2) is 0 Å². The first-order valence-corrected chi connectivity index (χ1v) is 42.1. The molecule has 4 aromatic rings. The van der Waals surface area contributed by atoms with E-state index in [2.05, 4.69) is 0 Å². The van der Waals surface area contributed by atoms with E-state index in [9.17, 15) is 24.7 Å². The number of carbonyl (C=O) groups is 4. The average Bonchev–Trinajstić information content (AvgIpc) is 0.700. The summed E-state index contributed by atoms with van der Waals surface area (Å²) in [5.41, 5.74) is 24.5. The third kappa shape index (κ3) is 23.8. The summed E-state index contributed by atoms with van der Waals surface area (Å²) in [6.45, 7) is 20.3. The van der Waals surface area contributed by atoms with E-state index >= 15 is 0 Å². The molecule has 24 nitrogen and oxygen atoms in total. The Morgan fingerprint density at radius 1 is 0.333 bits per heavy atom. The van der Waals surface area contributed by atoms with Gasteiger partial charge in [-0.2, -0.15) is 0 Å². The van der Waals surface area contributed by atoms with Gasteiger partial charge in [0, 0.05) is 148 Å². The molecular formula is C96H152N8O16. The second kappa shape index (κ2) is 43.9. The summed E-state index contributed by atoms with van der Waals surface area (Å²) in [7, 11) is 2.59. The monoisotopic (exact) mass is 1700 g/mol. The van der Waals surface area contributed by atoms with Gasteiger partial charge in [-0.3, -0.25) is 38.8 Å². The van der Waals surface area contributed by atoms with Crippen molar-refractivity contribution in [2.24, 2.45) is 93.9 Å². The van der Waals surface area contributed by atoms with Crippen LogP contribution < -0.4 is 60.8 Å². The second-order valence-electron chi connectivity index (χ2n) is 35.3. The number of piperidine rings is 4. The molecule has 0 aliphatic carbocycles. The lowest BCUT2D eigenvalue weighted by Gasteiger charge is -2.47. The van der Waals surface area contributed by atoms with Crippen molar-refractivity contribution in [3.8, 4) is 46.0 Å². The van der Waals surface area contributed by atoms with Crippen LogP contribution >= 0.6 is 0 Å². The Morgan fingerprint density at radius 3 is 0.683 bits per heavy atom. The summed E-state index contributed by atoms with van der Waals surface area (Å²) in [5, 5.41) is 0. The number of methoxy groups -OCH3 is 8. The lowest BCUT2D eigenvalue weighted by molar-refractivity contribution is -0.161. The highest BCUT2D eigenvalue weighted by atomic mass is 16.6. The van der Waals surface area contributed by atoms with E-state index < -0.39 is 162 Å². The van der Waals surface area contributed by atoms with E-state index in [0.717, 1.165) is 12.1 Å². The Morgan fingerprint density at radius 2 is 0.517 bits per heavy atom. The average molecular weight is 1700 g/mol. The molecule has 8 heterocycles. The Labute approximate surface area is 755 Å². The van der Waals surface area contributed by atoms with E-state index in [1.54, 1.807) is 39.8 Å². The van der Waals surface area contributed by atoms with Crippen LogP contribution in [0.5, 0.6) is 46.0 Å². The van der Waals surface area contributed by atoms with E-state index in [-0.39, 0.29) is 202 Å². The fourth-order valence-electron chi connectivity index (χ4n) is 16.3. The summed E-state index contributed by atoms with van der Waals surface area (Å²) in [4.78, 5) is 56.3. The number of nitrogens with zero attached hydrogens (tertiary/aromatic N) is 4. The van der Waals surface area contributed by atoms with Crippen molar-refractivity contribution < 1.29 is 112 Å². The zero-order chi connectivity index (χ0) is 111. The fourth-order valence-corrected chi connectivity index (χ4v) is 16.3. The van der Waals surface area contributed by atoms with E-state index in [0.29, 0.717) is 37.2 Å². The van der Waals surface area contributed by atoms with Crippen LogP contribution in [0.1, 0.15) is 266 Å². The number of fused-ring (bicyclic) bond motifs is 12. The smallest absolute Gasteiger partial charge is 0.323 e. The van der Waals surface area contributed by atoms with Crippen molar-refractivity contribution >= 4 is 23.9 Å². The van der Waals surface area contributed by atoms with Gasteiger partial charge in [0.1, 0.15) is 48.6 Å². The molecule has 4 saturated heterocycles. The zero-order valence-electron chi connectivity index (χ0n) is 100. The normalized spacial score (nSPS) is 34.1. The number of ether oxygens (including phenoxy) is 12. The molecule has 8 N–H and O–H groups in total. The zero-order valence-corrected chi connectivity index (χ0v) is 74.3. The van der Waals surface area contributed by atoms with Gasteiger partial charge >= 0.3 is 23.9 Å². The van der Waals surface area contributed by atoms with Crippen molar-refractivity contribution in [1.29, 1.82) is 0 Å². The number of carbonyl (C=O) groups excluding carboxylic acids is 4. The lowest BCUT2D eigenvalue weighted by Crippen LogP contribution is -2.51. The first-order chi connectivity index (χ1) is 66.7. The van der Waals surface area contributed by atoms with Crippen molar-refractivity contribution in [3.05, 3.63) is 93.0 Å². The number of hydrogen-bond acceptors (Lipinski definition) is 24. The van der Waals surface area contributed by atoms with Crippen molar-refractivity contribution in [1.82, 2.24) is 19.6 Å². The van der Waals surface area contributed by atoms with Crippen LogP contribution in [0.2, 0.25) is 0 Å². The Kier molecular flexibility index (Phi) is 24.0. The van der Waals surface area contributed by atoms with Crippen molar-refractivity contribution in [2.45, 2.75) is 260 Å². The maximum atomic E-state index is 12.9. The number of benzene rings is 4. The third-order valence-corrected chi connectivity index (χ3v) is 23.2. The maximum absolute atomic E-state index is 12.9. The number of hydrogen-bond donors (Lipinski definition) is 4. The van der Waals surface area contributed by atoms with Crippen LogP contribution in [0.25, 0.3) is 0 Å². The lowest BCUT2D eigenvalue weighted by atomic mass is 9.79. The second-order valence-corrected chi connectivity index (χ2v) is 35.3.